The maximum Gasteiger partial charge on any atom is 0.150 e. The smallest absolute Gasteiger partial charge is 0.150 e. The van der Waals surface area contributed by atoms with Crippen molar-refractivity contribution < 1.29 is 8.42 Å². The van der Waals surface area contributed by atoms with Crippen molar-refractivity contribution in [1.82, 2.24) is 0 Å². The Morgan fingerprint density at radius 3 is 2.74 bits per heavy atom. The molecule has 2 nitrogen and oxygen atoms in total. The Bertz CT molecular complexity index is 539. The molecule has 0 N–H and O–H groups in total. The maximum atomic E-state index is 11.8. The van der Waals surface area contributed by atoms with Crippen LogP contribution in [0.5, 0.6) is 0 Å². The Morgan fingerprint density at radius 2 is 2.05 bits per heavy atom. The highest BCUT2D eigenvalue weighted by atomic mass is 35.5. The minimum absolute atomic E-state index is 0.154. The van der Waals surface area contributed by atoms with E-state index >= 15 is 0 Å². The molecule has 1 aliphatic carbocycles. The van der Waals surface area contributed by atoms with Gasteiger partial charge in [-0.15, -0.1) is 11.6 Å². The van der Waals surface area contributed by atoms with Gasteiger partial charge in [0.15, 0.2) is 0 Å². The van der Waals surface area contributed by atoms with Crippen LogP contribution in [0.1, 0.15) is 37.3 Å². The molecule has 106 valence electrons. The van der Waals surface area contributed by atoms with Crippen molar-refractivity contribution in [3.05, 3.63) is 35.4 Å². The standard InChI is InChI=1S/C15H21ClO2S/c1-2-19(17,18)11-10-15(12-16)9-5-7-13-6-3-4-8-14(13)15/h3-4,6,8H,2,5,7,9-12H2,1H3. The Kier molecular flexibility index (Phi) is 4.57. The van der Waals surface area contributed by atoms with E-state index in [0.717, 1.165) is 19.3 Å². The van der Waals surface area contributed by atoms with E-state index < -0.39 is 9.84 Å². The van der Waals surface area contributed by atoms with E-state index in [4.69, 9.17) is 11.6 Å². The first-order valence-electron chi connectivity index (χ1n) is 6.88. The van der Waals surface area contributed by atoms with Crippen LogP contribution < -0.4 is 0 Å². The Morgan fingerprint density at radius 1 is 1.32 bits per heavy atom. The topological polar surface area (TPSA) is 34.1 Å². The number of benzene rings is 1. The number of fused-ring (bicyclic) bond motifs is 1. The normalized spacial score (nSPS) is 23.1. The third-order valence-corrected chi connectivity index (χ3v) is 6.49. The molecule has 0 radical (unpaired) electrons. The van der Waals surface area contributed by atoms with E-state index in [9.17, 15) is 8.42 Å². The summed E-state index contributed by atoms with van der Waals surface area (Å²) >= 11 is 6.24. The molecular formula is C15H21ClO2S. The summed E-state index contributed by atoms with van der Waals surface area (Å²) in [7, 11) is -2.93. The van der Waals surface area contributed by atoms with E-state index in [0.29, 0.717) is 12.3 Å². The van der Waals surface area contributed by atoms with Gasteiger partial charge in [-0.1, -0.05) is 31.2 Å². The molecule has 0 heterocycles. The number of sulfone groups is 1. The zero-order chi connectivity index (χ0) is 13.9. The van der Waals surface area contributed by atoms with Crippen molar-refractivity contribution in [3.8, 4) is 0 Å². The molecule has 2 rings (SSSR count). The Hall–Kier alpha value is -0.540. The van der Waals surface area contributed by atoms with Gasteiger partial charge in [0.1, 0.15) is 9.84 Å². The molecule has 0 aliphatic heterocycles. The first-order chi connectivity index (χ1) is 9.03. The summed E-state index contributed by atoms with van der Waals surface area (Å²) in [6, 6.07) is 8.34. The van der Waals surface area contributed by atoms with Gasteiger partial charge in [-0.2, -0.15) is 0 Å². The van der Waals surface area contributed by atoms with Gasteiger partial charge in [-0.3, -0.25) is 0 Å². The Labute approximate surface area is 121 Å². The molecule has 4 heteroatoms. The van der Waals surface area contributed by atoms with Crippen LogP contribution in [0.15, 0.2) is 24.3 Å². The van der Waals surface area contributed by atoms with Crippen LogP contribution in [-0.2, 0) is 21.7 Å². The van der Waals surface area contributed by atoms with E-state index in [1.807, 2.05) is 12.1 Å². The predicted molar refractivity (Wildman–Crippen MR) is 80.7 cm³/mol. The summed E-state index contributed by atoms with van der Waals surface area (Å²) in [6.45, 7) is 1.71. The lowest BCUT2D eigenvalue weighted by Gasteiger charge is -2.38. The van der Waals surface area contributed by atoms with E-state index in [-0.39, 0.29) is 16.9 Å². The van der Waals surface area contributed by atoms with E-state index in [2.05, 4.69) is 12.1 Å². The third kappa shape index (κ3) is 3.14. The highest BCUT2D eigenvalue weighted by molar-refractivity contribution is 7.91. The van der Waals surface area contributed by atoms with Gasteiger partial charge >= 0.3 is 0 Å². The lowest BCUT2D eigenvalue weighted by atomic mass is 9.69. The van der Waals surface area contributed by atoms with Crippen LogP contribution >= 0.6 is 11.6 Å². The average Bonchev–Trinajstić information content (AvgIpc) is 2.45. The summed E-state index contributed by atoms with van der Waals surface area (Å²) in [4.78, 5) is 0. The molecular weight excluding hydrogens is 280 g/mol. The number of alkyl halides is 1. The van der Waals surface area contributed by atoms with Crippen LogP contribution in [-0.4, -0.2) is 25.8 Å². The second-order valence-electron chi connectivity index (χ2n) is 5.41. The lowest BCUT2D eigenvalue weighted by molar-refractivity contribution is 0.386. The molecule has 1 unspecified atom stereocenters. The SMILES string of the molecule is CCS(=O)(=O)CCC1(CCl)CCCc2ccccc21. The van der Waals surface area contributed by atoms with Crippen LogP contribution in [0, 0.1) is 0 Å². The van der Waals surface area contributed by atoms with Crippen molar-refractivity contribution in [2.24, 2.45) is 0 Å². The fourth-order valence-electron chi connectivity index (χ4n) is 2.97. The summed E-state index contributed by atoms with van der Waals surface area (Å²) in [6.07, 6.45) is 3.81. The molecule has 1 aromatic rings. The minimum atomic E-state index is -2.93. The van der Waals surface area contributed by atoms with Crippen molar-refractivity contribution in [2.45, 2.75) is 38.0 Å². The molecule has 0 aromatic heterocycles. The van der Waals surface area contributed by atoms with Gasteiger partial charge in [0.05, 0.1) is 5.75 Å². The first-order valence-corrected chi connectivity index (χ1v) is 9.23. The van der Waals surface area contributed by atoms with Crippen LogP contribution in [0.2, 0.25) is 0 Å². The highest BCUT2D eigenvalue weighted by Gasteiger charge is 2.36. The lowest BCUT2D eigenvalue weighted by Crippen LogP contribution is -2.35. The van der Waals surface area contributed by atoms with Crippen molar-refractivity contribution in [3.63, 3.8) is 0 Å². The van der Waals surface area contributed by atoms with Crippen LogP contribution in [0.25, 0.3) is 0 Å². The first kappa shape index (κ1) is 14.9. The molecule has 1 aliphatic rings. The number of hydrogen-bond donors (Lipinski definition) is 0. The zero-order valence-corrected chi connectivity index (χ0v) is 12.9. The molecule has 1 aromatic carbocycles. The van der Waals surface area contributed by atoms with Gasteiger partial charge in [-0.25, -0.2) is 8.42 Å². The van der Waals surface area contributed by atoms with Crippen LogP contribution in [0.3, 0.4) is 0 Å². The molecule has 0 bridgehead atoms. The number of halogens is 1. The minimum Gasteiger partial charge on any atom is -0.229 e. The maximum absolute atomic E-state index is 11.8. The summed E-state index contributed by atoms with van der Waals surface area (Å²) in [5.74, 6) is 0.959. The van der Waals surface area contributed by atoms with E-state index in [1.54, 1.807) is 6.92 Å². The van der Waals surface area contributed by atoms with Crippen LogP contribution in [0.4, 0.5) is 0 Å². The Balaban J connectivity index is 2.29. The fraction of sp³-hybridized carbons (Fsp3) is 0.600. The molecule has 1 atom stereocenters. The number of aryl methyl sites for hydroxylation is 1. The predicted octanol–water partition coefficient (Wildman–Crippen LogP) is 3.32. The number of hydrogen-bond acceptors (Lipinski definition) is 2. The van der Waals surface area contributed by atoms with Crippen molar-refractivity contribution in [1.29, 1.82) is 0 Å². The molecule has 0 saturated carbocycles. The molecule has 0 fully saturated rings. The average molecular weight is 301 g/mol. The fourth-order valence-corrected chi connectivity index (χ4v) is 4.37. The van der Waals surface area contributed by atoms with Crippen molar-refractivity contribution >= 4 is 21.4 Å². The molecule has 19 heavy (non-hydrogen) atoms. The van der Waals surface area contributed by atoms with E-state index in [1.165, 1.54) is 11.1 Å². The quantitative estimate of drug-likeness (QED) is 0.782. The highest BCUT2D eigenvalue weighted by Crippen LogP contribution is 2.41. The largest absolute Gasteiger partial charge is 0.229 e. The van der Waals surface area contributed by atoms with Crippen molar-refractivity contribution in [2.75, 3.05) is 17.4 Å². The molecule has 0 saturated heterocycles. The molecule has 0 spiro atoms. The summed E-state index contributed by atoms with van der Waals surface area (Å²) < 4.78 is 23.5. The van der Waals surface area contributed by atoms with Gasteiger partial charge in [-0.05, 0) is 36.8 Å². The van der Waals surface area contributed by atoms with Gasteiger partial charge in [0.2, 0.25) is 0 Å². The second-order valence-corrected chi connectivity index (χ2v) is 8.15. The van der Waals surface area contributed by atoms with Gasteiger partial charge in [0, 0.05) is 17.0 Å². The monoisotopic (exact) mass is 300 g/mol. The van der Waals surface area contributed by atoms with Gasteiger partial charge < -0.3 is 0 Å². The molecule has 0 amide bonds. The zero-order valence-electron chi connectivity index (χ0n) is 11.4. The van der Waals surface area contributed by atoms with Gasteiger partial charge in [0.25, 0.3) is 0 Å². The summed E-state index contributed by atoms with van der Waals surface area (Å²) in [5, 5.41) is 0. The third-order valence-electron chi connectivity index (χ3n) is 4.28. The second kappa shape index (κ2) is 5.84. The number of rotatable bonds is 5. The summed E-state index contributed by atoms with van der Waals surface area (Å²) in [5.41, 5.74) is 2.45.